The Hall–Kier alpha value is 0.763. The molecule has 0 aliphatic rings. The van der Waals surface area contributed by atoms with E-state index in [9.17, 15) is 9.79 Å². The SMILES string of the molecule is CCCCCCCCCCCCc1ccc(SP([O-])([O-])=S)cc1CCCCCCCCCCCC.[Zn+2]. The Labute approximate surface area is 246 Å². The molecule has 0 spiro atoms. The molecule has 0 aliphatic heterocycles. The van der Waals surface area contributed by atoms with Crippen LogP contribution in [0.4, 0.5) is 0 Å². The molecule has 0 aromatic heterocycles. The number of benzene rings is 1. The summed E-state index contributed by atoms with van der Waals surface area (Å²) in [6, 6.07) is 6.21. The summed E-state index contributed by atoms with van der Waals surface area (Å²) in [7, 11) is 0. The topological polar surface area (TPSA) is 46.1 Å². The Morgan fingerprint density at radius 2 is 0.944 bits per heavy atom. The van der Waals surface area contributed by atoms with Gasteiger partial charge in [0, 0.05) is 4.90 Å². The van der Waals surface area contributed by atoms with Crippen LogP contribution >= 0.6 is 17.1 Å². The maximum atomic E-state index is 11.6. The first-order chi connectivity index (χ1) is 17.0. The molecule has 0 saturated carbocycles. The molecule has 0 heterocycles. The van der Waals surface area contributed by atoms with Crippen LogP contribution in [0, 0.1) is 0 Å². The summed E-state index contributed by atoms with van der Waals surface area (Å²) in [5.41, 5.74) is -1.02. The maximum absolute atomic E-state index is 11.6. The van der Waals surface area contributed by atoms with Gasteiger partial charge in [0.2, 0.25) is 0 Å². The molecule has 2 nitrogen and oxygen atoms in total. The van der Waals surface area contributed by atoms with Gasteiger partial charge in [0.1, 0.15) is 0 Å². The zero-order chi connectivity index (χ0) is 25.6. The van der Waals surface area contributed by atoms with Crippen molar-refractivity contribution in [3.8, 4) is 0 Å². The van der Waals surface area contributed by atoms with Gasteiger partial charge in [0.25, 0.3) is 0 Å². The quantitative estimate of drug-likeness (QED) is 0.0668. The van der Waals surface area contributed by atoms with Crippen LogP contribution < -0.4 is 9.79 Å². The molecule has 1 aromatic carbocycles. The van der Waals surface area contributed by atoms with Crippen molar-refractivity contribution in [2.75, 3.05) is 0 Å². The van der Waals surface area contributed by atoms with Crippen LogP contribution in [0.25, 0.3) is 0 Å². The number of hydrogen-bond acceptors (Lipinski definition) is 4. The molecule has 0 atom stereocenters. The van der Waals surface area contributed by atoms with E-state index in [0.29, 0.717) is 0 Å². The molecule has 0 bridgehead atoms. The van der Waals surface area contributed by atoms with Crippen molar-refractivity contribution in [3.63, 3.8) is 0 Å². The van der Waals surface area contributed by atoms with Gasteiger partial charge >= 0.3 is 19.5 Å². The summed E-state index contributed by atoms with van der Waals surface area (Å²) < 4.78 is 0. The third-order valence-electron chi connectivity index (χ3n) is 6.99. The van der Waals surface area contributed by atoms with Crippen molar-refractivity contribution in [2.45, 2.75) is 160 Å². The average molecular weight is 606 g/mol. The van der Waals surface area contributed by atoms with Gasteiger partial charge in [-0.05, 0) is 48.9 Å². The first-order valence-corrected chi connectivity index (χ1v) is 18.9. The second kappa shape index (κ2) is 24.8. The van der Waals surface area contributed by atoms with Crippen molar-refractivity contribution in [2.24, 2.45) is 0 Å². The molecule has 0 unspecified atom stereocenters. The monoisotopic (exact) mass is 604 g/mol. The number of unbranched alkanes of at least 4 members (excludes halogenated alkanes) is 18. The zero-order valence-electron chi connectivity index (χ0n) is 23.6. The van der Waals surface area contributed by atoms with E-state index in [2.05, 4.69) is 37.8 Å². The van der Waals surface area contributed by atoms with Crippen molar-refractivity contribution < 1.29 is 29.3 Å². The largest absolute Gasteiger partial charge is 2.00 e. The summed E-state index contributed by atoms with van der Waals surface area (Å²) in [6.45, 7) is 4.55. The molecule has 6 heteroatoms. The second-order valence-corrected chi connectivity index (χ2v) is 16.0. The van der Waals surface area contributed by atoms with Crippen LogP contribution in [-0.2, 0) is 44.1 Å². The molecular formula is C30H53O2PS2Zn. The number of rotatable bonds is 24. The molecular weight excluding hydrogens is 553 g/mol. The van der Waals surface area contributed by atoms with Crippen LogP contribution in [0.15, 0.2) is 23.1 Å². The van der Waals surface area contributed by atoms with Gasteiger partial charge in [-0.25, -0.2) is 0 Å². The smallest absolute Gasteiger partial charge is 0.824 e. The van der Waals surface area contributed by atoms with Crippen molar-refractivity contribution in [1.82, 2.24) is 0 Å². The van der Waals surface area contributed by atoms with Crippen LogP contribution in [0.2, 0.25) is 0 Å². The summed E-state index contributed by atoms with van der Waals surface area (Å²) in [4.78, 5) is 24.0. The minimum atomic E-state index is -3.77. The van der Waals surface area contributed by atoms with Gasteiger partial charge in [-0.2, -0.15) is 5.69 Å². The van der Waals surface area contributed by atoms with Crippen LogP contribution in [0.3, 0.4) is 0 Å². The summed E-state index contributed by atoms with van der Waals surface area (Å²) in [6.07, 6.45) is 29.1. The minimum absolute atomic E-state index is 0. The molecule has 0 radical (unpaired) electrons. The first kappa shape index (κ1) is 36.8. The molecule has 1 rings (SSSR count). The Balaban J connectivity index is 0.0000122. The first-order valence-electron chi connectivity index (χ1n) is 14.8. The zero-order valence-corrected chi connectivity index (χ0v) is 29.1. The van der Waals surface area contributed by atoms with E-state index in [1.807, 2.05) is 6.07 Å². The predicted molar refractivity (Wildman–Crippen MR) is 158 cm³/mol. The Bertz CT molecular complexity index is 681. The van der Waals surface area contributed by atoms with E-state index in [0.717, 1.165) is 29.1 Å². The number of hydrogen-bond donors (Lipinski definition) is 0. The summed E-state index contributed by atoms with van der Waals surface area (Å²) in [5, 5.41) is 0. The molecule has 0 amide bonds. The fourth-order valence-electron chi connectivity index (χ4n) is 4.87. The van der Waals surface area contributed by atoms with E-state index >= 15 is 0 Å². The van der Waals surface area contributed by atoms with E-state index in [1.165, 1.54) is 140 Å². The predicted octanol–water partition coefficient (Wildman–Crippen LogP) is 9.65. The van der Waals surface area contributed by atoms with Gasteiger partial charge in [-0.3, -0.25) is 0 Å². The Morgan fingerprint density at radius 3 is 1.33 bits per heavy atom. The van der Waals surface area contributed by atoms with Gasteiger partial charge in [0.05, 0.1) is 0 Å². The maximum Gasteiger partial charge on any atom is 2.00 e. The van der Waals surface area contributed by atoms with Gasteiger partial charge in [-0.15, -0.1) is 23.2 Å². The van der Waals surface area contributed by atoms with Gasteiger partial charge in [-0.1, -0.05) is 135 Å². The third kappa shape index (κ3) is 21.7. The molecule has 1 aromatic rings. The molecule has 0 saturated heterocycles. The van der Waals surface area contributed by atoms with Crippen molar-refractivity contribution in [3.05, 3.63) is 29.3 Å². The third-order valence-corrected chi connectivity index (χ3v) is 9.66. The van der Waals surface area contributed by atoms with E-state index < -0.39 is 5.69 Å². The van der Waals surface area contributed by atoms with Crippen LogP contribution in [0.5, 0.6) is 0 Å². The fourth-order valence-corrected chi connectivity index (χ4v) is 7.34. The van der Waals surface area contributed by atoms with Crippen LogP contribution in [0.1, 0.15) is 153 Å². The summed E-state index contributed by atoms with van der Waals surface area (Å²) >= 11 is 5.48. The van der Waals surface area contributed by atoms with Crippen LogP contribution in [-0.4, -0.2) is 0 Å². The van der Waals surface area contributed by atoms with Crippen molar-refractivity contribution >= 4 is 28.9 Å². The van der Waals surface area contributed by atoms with Crippen molar-refractivity contribution in [1.29, 1.82) is 0 Å². The number of aryl methyl sites for hydroxylation is 2. The second-order valence-electron chi connectivity index (χ2n) is 10.3. The Morgan fingerprint density at radius 1 is 0.583 bits per heavy atom. The van der Waals surface area contributed by atoms with Gasteiger partial charge in [0.15, 0.2) is 0 Å². The normalized spacial score (nSPS) is 11.6. The van der Waals surface area contributed by atoms with E-state index in [-0.39, 0.29) is 19.5 Å². The fraction of sp³-hybridized carbons (Fsp3) is 0.800. The molecule has 36 heavy (non-hydrogen) atoms. The molecule has 0 N–H and O–H groups in total. The van der Waals surface area contributed by atoms with E-state index in [1.54, 1.807) is 0 Å². The molecule has 204 valence electrons. The molecule has 0 aliphatic carbocycles. The molecule has 0 fully saturated rings. The minimum Gasteiger partial charge on any atom is -0.824 e. The standard InChI is InChI=1S/C30H55O2PS2.Zn/c1-3-5-7-9-11-13-15-17-19-21-23-28-25-26-30(35-33(31,32)34)27-29(28)24-22-20-18-16-14-12-10-8-6-4-2;/h25-27H,3-24H2,1-2H3,(H2,31,32,34);/q;+2/p-2. The van der Waals surface area contributed by atoms with Gasteiger partial charge < -0.3 is 9.79 Å². The average Bonchev–Trinajstić information content (AvgIpc) is 2.81. The van der Waals surface area contributed by atoms with E-state index in [4.69, 9.17) is 0 Å². The Kier molecular flexibility index (Phi) is 25.3. The summed E-state index contributed by atoms with van der Waals surface area (Å²) in [5.74, 6) is 0.